The van der Waals surface area contributed by atoms with Crippen molar-refractivity contribution in [1.82, 2.24) is 5.48 Å². The van der Waals surface area contributed by atoms with Gasteiger partial charge in [-0.1, -0.05) is 12.1 Å². The summed E-state index contributed by atoms with van der Waals surface area (Å²) in [4.78, 5) is 0. The molecule has 0 spiro atoms. The second kappa shape index (κ2) is 5.26. The highest BCUT2D eigenvalue weighted by Gasteiger charge is 2.05. The molecular weight excluding hydrogens is 230 g/mol. The summed E-state index contributed by atoms with van der Waals surface area (Å²) in [5.74, 6) is 0. The average Bonchev–Trinajstić information content (AvgIpc) is 2.15. The van der Waals surface area contributed by atoms with E-state index in [1.165, 1.54) is 0 Å². The highest BCUT2D eigenvalue weighted by atomic mass is 32.2. The van der Waals surface area contributed by atoms with Gasteiger partial charge in [0.1, 0.15) is 0 Å². The van der Waals surface area contributed by atoms with Crippen LogP contribution in [0.4, 0.5) is 5.69 Å². The fourth-order valence-corrected chi connectivity index (χ4v) is 1.83. The summed E-state index contributed by atoms with van der Waals surface area (Å²) in [6, 6.07) is 6.82. The van der Waals surface area contributed by atoms with Crippen molar-refractivity contribution in [2.24, 2.45) is 5.73 Å². The molecule has 0 aliphatic carbocycles. The van der Waals surface area contributed by atoms with Gasteiger partial charge in [0.25, 0.3) is 0 Å². The zero-order chi connectivity index (χ0) is 12.2. The van der Waals surface area contributed by atoms with Crippen LogP contribution in [0.25, 0.3) is 0 Å². The van der Waals surface area contributed by atoms with Gasteiger partial charge in [0.05, 0.1) is 12.4 Å². The van der Waals surface area contributed by atoms with Gasteiger partial charge in [-0.05, 0) is 17.7 Å². The Labute approximate surface area is 94.5 Å². The van der Waals surface area contributed by atoms with Crippen LogP contribution in [0.15, 0.2) is 24.3 Å². The first-order valence-electron chi connectivity index (χ1n) is 4.62. The van der Waals surface area contributed by atoms with Crippen molar-refractivity contribution < 1.29 is 13.6 Å². The standard InChI is InChI=1S/C9H15N3O3S/c1-16(14,15)12-8-4-2-3-7(5-8)6-9(10)11-13/h2-5,9,11-13H,6,10H2,1H3. The van der Waals surface area contributed by atoms with Crippen LogP contribution in [0.3, 0.4) is 0 Å². The van der Waals surface area contributed by atoms with E-state index in [9.17, 15) is 8.42 Å². The van der Waals surface area contributed by atoms with Crippen LogP contribution in [0.1, 0.15) is 5.56 Å². The molecule has 0 aliphatic heterocycles. The van der Waals surface area contributed by atoms with E-state index in [0.29, 0.717) is 12.1 Å². The second-order valence-corrected chi connectivity index (χ2v) is 5.26. The molecule has 1 rings (SSSR count). The smallest absolute Gasteiger partial charge is 0.229 e. The van der Waals surface area contributed by atoms with E-state index in [1.807, 2.05) is 5.48 Å². The molecule has 6 nitrogen and oxygen atoms in total. The minimum absolute atomic E-state index is 0.399. The molecule has 16 heavy (non-hydrogen) atoms. The summed E-state index contributed by atoms with van der Waals surface area (Å²) in [5.41, 5.74) is 8.70. The van der Waals surface area contributed by atoms with Crippen LogP contribution in [-0.4, -0.2) is 26.0 Å². The monoisotopic (exact) mass is 245 g/mol. The number of hydrogen-bond acceptors (Lipinski definition) is 5. The molecule has 90 valence electrons. The highest BCUT2D eigenvalue weighted by Crippen LogP contribution is 2.12. The predicted octanol–water partition coefficient (Wildman–Crippen LogP) is -0.136. The van der Waals surface area contributed by atoms with Crippen LogP contribution >= 0.6 is 0 Å². The Hall–Kier alpha value is -1.15. The fourth-order valence-electron chi connectivity index (χ4n) is 1.28. The summed E-state index contributed by atoms with van der Waals surface area (Å²) in [5, 5.41) is 8.57. The lowest BCUT2D eigenvalue weighted by atomic mass is 10.1. The topological polar surface area (TPSA) is 104 Å². The van der Waals surface area contributed by atoms with Crippen LogP contribution in [0.2, 0.25) is 0 Å². The van der Waals surface area contributed by atoms with Gasteiger partial charge in [-0.25, -0.2) is 8.42 Å². The first-order valence-corrected chi connectivity index (χ1v) is 6.52. The molecule has 7 heteroatoms. The van der Waals surface area contributed by atoms with Gasteiger partial charge in [0.2, 0.25) is 10.0 Å². The lowest BCUT2D eigenvalue weighted by Crippen LogP contribution is -2.36. The van der Waals surface area contributed by atoms with E-state index in [0.717, 1.165) is 11.8 Å². The normalized spacial score (nSPS) is 13.4. The van der Waals surface area contributed by atoms with Gasteiger partial charge in [0.15, 0.2) is 0 Å². The van der Waals surface area contributed by atoms with E-state index < -0.39 is 16.2 Å². The van der Waals surface area contributed by atoms with Crippen molar-refractivity contribution >= 4 is 15.7 Å². The number of anilines is 1. The molecule has 0 amide bonds. The van der Waals surface area contributed by atoms with E-state index >= 15 is 0 Å². The van der Waals surface area contributed by atoms with Gasteiger partial charge < -0.3 is 10.9 Å². The molecule has 0 aliphatic rings. The summed E-state index contributed by atoms with van der Waals surface area (Å²) in [6.07, 6.45) is 0.907. The number of hydrogen-bond donors (Lipinski definition) is 4. The van der Waals surface area contributed by atoms with Crippen LogP contribution in [-0.2, 0) is 16.4 Å². The van der Waals surface area contributed by atoms with E-state index in [1.54, 1.807) is 24.3 Å². The first-order chi connectivity index (χ1) is 7.40. The van der Waals surface area contributed by atoms with Crippen molar-refractivity contribution in [1.29, 1.82) is 0 Å². The molecule has 0 radical (unpaired) electrons. The number of benzene rings is 1. The Bertz CT molecular complexity index is 447. The minimum atomic E-state index is -3.27. The van der Waals surface area contributed by atoms with Crippen molar-refractivity contribution in [3.8, 4) is 0 Å². The molecule has 0 aromatic heterocycles. The van der Waals surface area contributed by atoms with Crippen LogP contribution in [0.5, 0.6) is 0 Å². The van der Waals surface area contributed by atoms with Gasteiger partial charge in [0, 0.05) is 12.1 Å². The Morgan fingerprint density at radius 3 is 2.75 bits per heavy atom. The summed E-state index contributed by atoms with van der Waals surface area (Å²) < 4.78 is 24.4. The molecule has 1 aromatic rings. The van der Waals surface area contributed by atoms with Crippen LogP contribution < -0.4 is 15.9 Å². The van der Waals surface area contributed by atoms with Crippen molar-refractivity contribution in [3.05, 3.63) is 29.8 Å². The van der Waals surface area contributed by atoms with Crippen molar-refractivity contribution in [3.63, 3.8) is 0 Å². The van der Waals surface area contributed by atoms with Gasteiger partial charge in [-0.2, -0.15) is 5.48 Å². The molecule has 0 saturated heterocycles. The van der Waals surface area contributed by atoms with Crippen molar-refractivity contribution in [2.75, 3.05) is 11.0 Å². The fraction of sp³-hybridized carbons (Fsp3) is 0.333. The minimum Gasteiger partial charge on any atom is -0.315 e. The lowest BCUT2D eigenvalue weighted by molar-refractivity contribution is 0.128. The largest absolute Gasteiger partial charge is 0.315 e. The maximum absolute atomic E-state index is 11.0. The summed E-state index contributed by atoms with van der Waals surface area (Å²) >= 11 is 0. The van der Waals surface area contributed by atoms with E-state index in [4.69, 9.17) is 10.9 Å². The number of sulfonamides is 1. The third kappa shape index (κ3) is 4.58. The number of nitrogens with one attached hydrogen (secondary N) is 2. The Morgan fingerprint density at radius 1 is 1.50 bits per heavy atom. The Balaban J connectivity index is 2.79. The SMILES string of the molecule is CS(=O)(=O)Nc1cccc(CC(N)NO)c1. The molecule has 1 unspecified atom stereocenters. The van der Waals surface area contributed by atoms with Crippen molar-refractivity contribution in [2.45, 2.75) is 12.6 Å². The number of rotatable bonds is 5. The number of nitrogens with two attached hydrogens (primary N) is 1. The molecule has 0 fully saturated rings. The predicted molar refractivity (Wildman–Crippen MR) is 61.5 cm³/mol. The van der Waals surface area contributed by atoms with Gasteiger partial charge >= 0.3 is 0 Å². The molecule has 1 aromatic carbocycles. The molecule has 0 heterocycles. The van der Waals surface area contributed by atoms with Gasteiger partial charge in [-0.15, -0.1) is 0 Å². The highest BCUT2D eigenvalue weighted by molar-refractivity contribution is 7.92. The van der Waals surface area contributed by atoms with E-state index in [2.05, 4.69) is 4.72 Å². The maximum atomic E-state index is 11.0. The Morgan fingerprint density at radius 2 is 2.19 bits per heavy atom. The zero-order valence-corrected chi connectivity index (χ0v) is 9.66. The molecule has 1 atom stereocenters. The first kappa shape index (κ1) is 12.9. The van der Waals surface area contributed by atoms with E-state index in [-0.39, 0.29) is 0 Å². The molecular formula is C9H15N3O3S. The Kier molecular flexibility index (Phi) is 4.25. The summed E-state index contributed by atoms with van der Waals surface area (Å²) in [6.45, 7) is 0. The quantitative estimate of drug-likeness (QED) is 0.427. The average molecular weight is 245 g/mol. The second-order valence-electron chi connectivity index (χ2n) is 3.51. The third-order valence-corrected chi connectivity index (χ3v) is 2.46. The maximum Gasteiger partial charge on any atom is 0.229 e. The van der Waals surface area contributed by atoms with Crippen LogP contribution in [0, 0.1) is 0 Å². The molecule has 0 saturated carbocycles. The zero-order valence-electron chi connectivity index (χ0n) is 8.84. The van der Waals surface area contributed by atoms with Gasteiger partial charge in [-0.3, -0.25) is 4.72 Å². The number of hydroxylamine groups is 1. The lowest BCUT2D eigenvalue weighted by Gasteiger charge is -2.10. The molecule has 0 bridgehead atoms. The molecule has 5 N–H and O–H groups in total. The summed E-state index contributed by atoms with van der Waals surface area (Å²) in [7, 11) is -3.27. The third-order valence-electron chi connectivity index (χ3n) is 1.85.